The zero-order valence-corrected chi connectivity index (χ0v) is 17.0. The van der Waals surface area contributed by atoms with E-state index in [4.69, 9.17) is 0 Å². The molecule has 2 heterocycles. The van der Waals surface area contributed by atoms with Gasteiger partial charge in [0.2, 0.25) is 11.8 Å². The molecule has 0 radical (unpaired) electrons. The Morgan fingerprint density at radius 3 is 2.59 bits per heavy atom. The Hall–Kier alpha value is -2.32. The Labute approximate surface area is 172 Å². The second-order valence-corrected chi connectivity index (χ2v) is 9.13. The van der Waals surface area contributed by atoms with Crippen LogP contribution in [-0.2, 0) is 16.1 Å². The third kappa shape index (κ3) is 4.48. The van der Waals surface area contributed by atoms with Gasteiger partial charge in [0.25, 0.3) is 0 Å². The van der Waals surface area contributed by atoms with E-state index in [1.165, 1.54) is 17.9 Å². The molecule has 29 heavy (non-hydrogen) atoms. The molecule has 8 heteroatoms. The van der Waals surface area contributed by atoms with E-state index < -0.39 is 11.6 Å². The topological polar surface area (TPSA) is 61.4 Å². The van der Waals surface area contributed by atoms with Crippen LogP contribution in [0, 0.1) is 23.0 Å². The smallest absolute Gasteiger partial charge is 0.228 e. The summed E-state index contributed by atoms with van der Waals surface area (Å²) in [4.78, 5) is 27.2. The maximum atomic E-state index is 13.3. The fourth-order valence-corrected chi connectivity index (χ4v) is 5.15. The number of amides is 2. The SMILES string of the molecule is CC(=O)Nc1ccc(CN2CCC3(CC2)C[C@H]3C(=O)Nc2ccc(F)c(F)c2)s1. The first-order valence-electron chi connectivity index (χ1n) is 9.69. The number of piperidine rings is 1. The molecule has 1 saturated heterocycles. The van der Waals surface area contributed by atoms with Gasteiger partial charge < -0.3 is 10.6 Å². The summed E-state index contributed by atoms with van der Waals surface area (Å²) in [7, 11) is 0. The summed E-state index contributed by atoms with van der Waals surface area (Å²) in [6.07, 6.45) is 2.75. The van der Waals surface area contributed by atoms with E-state index in [-0.39, 0.29) is 23.1 Å². The Morgan fingerprint density at radius 1 is 1.14 bits per heavy atom. The van der Waals surface area contributed by atoms with E-state index in [1.54, 1.807) is 11.3 Å². The highest BCUT2D eigenvalue weighted by Crippen LogP contribution is 2.59. The molecule has 1 spiro atoms. The number of halogens is 2. The molecule has 1 aromatic carbocycles. The van der Waals surface area contributed by atoms with Crippen LogP contribution in [0.15, 0.2) is 30.3 Å². The molecule has 1 aromatic heterocycles. The summed E-state index contributed by atoms with van der Waals surface area (Å²) >= 11 is 1.58. The molecular weight excluding hydrogens is 396 g/mol. The second-order valence-electron chi connectivity index (χ2n) is 7.96. The van der Waals surface area contributed by atoms with Crippen molar-refractivity contribution >= 4 is 33.8 Å². The summed E-state index contributed by atoms with van der Waals surface area (Å²) in [6, 6.07) is 7.38. The predicted octanol–water partition coefficient (Wildman–Crippen LogP) is 4.23. The van der Waals surface area contributed by atoms with Crippen LogP contribution in [0.2, 0.25) is 0 Å². The van der Waals surface area contributed by atoms with E-state index in [0.717, 1.165) is 56.0 Å². The zero-order valence-electron chi connectivity index (χ0n) is 16.1. The molecule has 154 valence electrons. The first-order chi connectivity index (χ1) is 13.8. The van der Waals surface area contributed by atoms with Crippen molar-refractivity contribution < 1.29 is 18.4 Å². The number of carbonyl (C=O) groups excluding carboxylic acids is 2. The van der Waals surface area contributed by atoms with Crippen molar-refractivity contribution in [3.63, 3.8) is 0 Å². The lowest BCUT2D eigenvalue weighted by Gasteiger charge is -2.32. The first-order valence-corrected chi connectivity index (χ1v) is 10.5. The molecule has 1 saturated carbocycles. The molecule has 1 aliphatic carbocycles. The van der Waals surface area contributed by atoms with Crippen LogP contribution >= 0.6 is 11.3 Å². The fourth-order valence-electron chi connectivity index (χ4n) is 4.15. The second kappa shape index (κ2) is 7.84. The Morgan fingerprint density at radius 2 is 1.90 bits per heavy atom. The number of hydrogen-bond acceptors (Lipinski definition) is 4. The average molecular weight is 419 g/mol. The number of rotatable bonds is 5. The zero-order chi connectivity index (χ0) is 20.6. The standard InChI is InChI=1S/C21H23F2N3O2S/c1-13(27)24-19-5-3-15(29-19)12-26-8-6-21(7-9-26)11-16(21)20(28)25-14-2-4-17(22)18(23)10-14/h2-5,10,16H,6-9,11-12H2,1H3,(H,24,27)(H,25,28)/t16-/m0/s1. The lowest BCUT2D eigenvalue weighted by Crippen LogP contribution is -2.35. The predicted molar refractivity (Wildman–Crippen MR) is 109 cm³/mol. The highest BCUT2D eigenvalue weighted by molar-refractivity contribution is 7.16. The molecule has 0 bridgehead atoms. The fraction of sp³-hybridized carbons (Fsp3) is 0.429. The molecule has 2 fully saturated rings. The molecule has 2 amide bonds. The van der Waals surface area contributed by atoms with Crippen LogP contribution < -0.4 is 10.6 Å². The van der Waals surface area contributed by atoms with Gasteiger partial charge in [-0.3, -0.25) is 14.5 Å². The van der Waals surface area contributed by atoms with Crippen LogP contribution in [0.25, 0.3) is 0 Å². The van der Waals surface area contributed by atoms with Gasteiger partial charge in [-0.05, 0) is 62.0 Å². The molecule has 2 aliphatic rings. The minimum atomic E-state index is -0.961. The number of anilines is 2. The van der Waals surface area contributed by atoms with Crippen LogP contribution in [0.1, 0.15) is 31.1 Å². The van der Waals surface area contributed by atoms with E-state index in [1.807, 2.05) is 12.1 Å². The summed E-state index contributed by atoms with van der Waals surface area (Å²) < 4.78 is 26.4. The number of carbonyl (C=O) groups is 2. The third-order valence-electron chi connectivity index (χ3n) is 5.89. The van der Waals surface area contributed by atoms with Crippen LogP contribution in [0.4, 0.5) is 19.5 Å². The van der Waals surface area contributed by atoms with Crippen LogP contribution in [-0.4, -0.2) is 29.8 Å². The average Bonchev–Trinajstić information content (AvgIpc) is 3.20. The quantitative estimate of drug-likeness (QED) is 0.763. The monoisotopic (exact) mass is 419 g/mol. The third-order valence-corrected chi connectivity index (χ3v) is 6.87. The highest BCUT2D eigenvalue weighted by Gasteiger charge is 2.58. The van der Waals surface area contributed by atoms with Gasteiger partial charge in [-0.1, -0.05) is 0 Å². The van der Waals surface area contributed by atoms with E-state index in [0.29, 0.717) is 5.69 Å². The van der Waals surface area contributed by atoms with Gasteiger partial charge in [-0.2, -0.15) is 0 Å². The molecule has 5 nitrogen and oxygen atoms in total. The number of nitrogens with one attached hydrogen (secondary N) is 2. The minimum absolute atomic E-state index is 0.0377. The van der Waals surface area contributed by atoms with Gasteiger partial charge in [-0.25, -0.2) is 8.78 Å². The molecule has 2 aromatic rings. The Kier molecular flexibility index (Phi) is 5.40. The molecule has 4 rings (SSSR count). The van der Waals surface area contributed by atoms with E-state index in [9.17, 15) is 18.4 Å². The lowest BCUT2D eigenvalue weighted by atomic mass is 9.90. The minimum Gasteiger partial charge on any atom is -0.326 e. The lowest BCUT2D eigenvalue weighted by molar-refractivity contribution is -0.118. The number of benzene rings is 1. The van der Waals surface area contributed by atoms with Crippen molar-refractivity contribution in [2.45, 2.75) is 32.7 Å². The van der Waals surface area contributed by atoms with Crippen molar-refractivity contribution in [1.82, 2.24) is 4.90 Å². The molecule has 2 N–H and O–H groups in total. The van der Waals surface area contributed by atoms with Crippen molar-refractivity contribution in [3.8, 4) is 0 Å². The Bertz CT molecular complexity index is 938. The van der Waals surface area contributed by atoms with Gasteiger partial charge in [0.1, 0.15) is 0 Å². The number of nitrogens with zero attached hydrogens (tertiary/aromatic N) is 1. The van der Waals surface area contributed by atoms with E-state index in [2.05, 4.69) is 15.5 Å². The summed E-state index contributed by atoms with van der Waals surface area (Å²) in [5.41, 5.74) is 0.330. The van der Waals surface area contributed by atoms with Crippen molar-refractivity contribution in [2.24, 2.45) is 11.3 Å². The van der Waals surface area contributed by atoms with Gasteiger partial charge in [-0.15, -0.1) is 11.3 Å². The number of hydrogen-bond donors (Lipinski definition) is 2. The van der Waals surface area contributed by atoms with E-state index >= 15 is 0 Å². The first kappa shape index (κ1) is 20.0. The summed E-state index contributed by atoms with van der Waals surface area (Å²) in [5.74, 6) is -2.13. The number of thiophene rings is 1. The largest absolute Gasteiger partial charge is 0.326 e. The van der Waals surface area contributed by atoms with Crippen molar-refractivity contribution in [2.75, 3.05) is 23.7 Å². The molecule has 1 aliphatic heterocycles. The highest BCUT2D eigenvalue weighted by atomic mass is 32.1. The summed E-state index contributed by atoms with van der Waals surface area (Å²) in [5, 5.41) is 6.38. The molecule has 0 unspecified atom stereocenters. The molecular formula is C21H23F2N3O2S. The van der Waals surface area contributed by atoms with Crippen molar-refractivity contribution in [3.05, 3.63) is 46.8 Å². The number of likely N-dealkylation sites (tertiary alicyclic amines) is 1. The molecule has 1 atom stereocenters. The normalized spacial score (nSPS) is 20.4. The van der Waals surface area contributed by atoms with Gasteiger partial charge in [0, 0.05) is 36.0 Å². The van der Waals surface area contributed by atoms with Gasteiger partial charge >= 0.3 is 0 Å². The van der Waals surface area contributed by atoms with Crippen molar-refractivity contribution in [1.29, 1.82) is 0 Å². The van der Waals surface area contributed by atoms with Gasteiger partial charge in [0.05, 0.1) is 5.00 Å². The Balaban J connectivity index is 1.27. The van der Waals surface area contributed by atoms with Gasteiger partial charge in [0.15, 0.2) is 11.6 Å². The van der Waals surface area contributed by atoms with Crippen LogP contribution in [0.5, 0.6) is 0 Å². The maximum absolute atomic E-state index is 13.3. The maximum Gasteiger partial charge on any atom is 0.228 e. The van der Waals surface area contributed by atoms with Crippen LogP contribution in [0.3, 0.4) is 0 Å². The summed E-state index contributed by atoms with van der Waals surface area (Å²) in [6.45, 7) is 4.18.